The second-order valence-corrected chi connectivity index (χ2v) is 5.99. The van der Waals surface area contributed by atoms with Crippen LogP contribution in [-0.2, 0) is 0 Å². The lowest BCUT2D eigenvalue weighted by molar-refractivity contribution is 0.0897. The van der Waals surface area contributed by atoms with Gasteiger partial charge in [-0.1, -0.05) is 38.5 Å². The predicted molar refractivity (Wildman–Crippen MR) is 73.6 cm³/mol. The number of benzene rings is 1. The second kappa shape index (κ2) is 6.01. The van der Waals surface area contributed by atoms with E-state index in [9.17, 15) is 9.90 Å². The molecule has 0 aromatic heterocycles. The van der Waals surface area contributed by atoms with Gasteiger partial charge in [0.1, 0.15) is 0 Å². The molecule has 1 aromatic carbocycles. The highest BCUT2D eigenvalue weighted by molar-refractivity contribution is 5.94. The number of aliphatic hydroxyl groups excluding tert-OH is 1. The van der Waals surface area contributed by atoms with Crippen LogP contribution in [-0.4, -0.2) is 23.7 Å². The molecule has 1 unspecified atom stereocenters. The van der Waals surface area contributed by atoms with E-state index in [1.54, 1.807) is 6.07 Å². The van der Waals surface area contributed by atoms with Gasteiger partial charge in [0.05, 0.1) is 12.6 Å². The first kappa shape index (κ1) is 14.7. The number of carbonyl (C=O) groups excluding carboxylic acids is 1. The van der Waals surface area contributed by atoms with Crippen LogP contribution in [0.2, 0.25) is 0 Å². The number of hydrogen-bond donors (Lipinski definition) is 2. The maximum Gasteiger partial charge on any atom is 0.251 e. The van der Waals surface area contributed by atoms with Gasteiger partial charge >= 0.3 is 0 Å². The molecule has 3 nitrogen and oxygen atoms in total. The van der Waals surface area contributed by atoms with Crippen molar-refractivity contribution in [2.45, 2.75) is 40.2 Å². The Morgan fingerprint density at radius 3 is 2.56 bits per heavy atom. The van der Waals surface area contributed by atoms with Crippen molar-refractivity contribution in [1.29, 1.82) is 0 Å². The van der Waals surface area contributed by atoms with Crippen molar-refractivity contribution in [2.75, 3.05) is 6.61 Å². The Morgan fingerprint density at radius 2 is 2.06 bits per heavy atom. The van der Waals surface area contributed by atoms with Crippen molar-refractivity contribution in [3.63, 3.8) is 0 Å². The third-order valence-electron chi connectivity index (χ3n) is 2.69. The number of aryl methyl sites for hydroxylation is 1. The smallest absolute Gasteiger partial charge is 0.251 e. The summed E-state index contributed by atoms with van der Waals surface area (Å²) in [6.07, 6.45) is 0.751. The van der Waals surface area contributed by atoms with Crippen molar-refractivity contribution in [3.8, 4) is 0 Å². The van der Waals surface area contributed by atoms with Crippen LogP contribution in [0.15, 0.2) is 24.3 Å². The summed E-state index contributed by atoms with van der Waals surface area (Å²) in [5.74, 6) is -0.123. The zero-order valence-corrected chi connectivity index (χ0v) is 11.7. The van der Waals surface area contributed by atoms with E-state index in [0.29, 0.717) is 5.56 Å². The van der Waals surface area contributed by atoms with Gasteiger partial charge in [0.2, 0.25) is 0 Å². The molecular weight excluding hydrogens is 226 g/mol. The van der Waals surface area contributed by atoms with E-state index in [4.69, 9.17) is 0 Å². The van der Waals surface area contributed by atoms with Gasteiger partial charge < -0.3 is 10.4 Å². The number of hydrogen-bond acceptors (Lipinski definition) is 2. The Morgan fingerprint density at radius 1 is 1.39 bits per heavy atom. The highest BCUT2D eigenvalue weighted by atomic mass is 16.3. The highest BCUT2D eigenvalue weighted by Gasteiger charge is 2.20. The van der Waals surface area contributed by atoms with Crippen molar-refractivity contribution < 1.29 is 9.90 Å². The Kier molecular flexibility index (Phi) is 4.91. The summed E-state index contributed by atoms with van der Waals surface area (Å²) >= 11 is 0. The van der Waals surface area contributed by atoms with Gasteiger partial charge in [0.25, 0.3) is 5.91 Å². The van der Waals surface area contributed by atoms with Crippen LogP contribution in [0.25, 0.3) is 0 Å². The molecule has 18 heavy (non-hydrogen) atoms. The van der Waals surface area contributed by atoms with Gasteiger partial charge in [0.15, 0.2) is 0 Å². The van der Waals surface area contributed by atoms with E-state index in [0.717, 1.165) is 12.0 Å². The van der Waals surface area contributed by atoms with E-state index < -0.39 is 0 Å². The molecule has 1 atom stereocenters. The Bertz CT molecular complexity index is 407. The summed E-state index contributed by atoms with van der Waals surface area (Å²) < 4.78 is 0. The maximum absolute atomic E-state index is 12.0. The molecule has 1 rings (SSSR count). The monoisotopic (exact) mass is 249 g/mol. The lowest BCUT2D eigenvalue weighted by Gasteiger charge is -2.25. The van der Waals surface area contributed by atoms with Crippen LogP contribution in [0.3, 0.4) is 0 Å². The molecule has 3 heteroatoms. The van der Waals surface area contributed by atoms with Gasteiger partial charge in [-0.2, -0.15) is 0 Å². The molecule has 1 aromatic rings. The van der Waals surface area contributed by atoms with E-state index in [1.165, 1.54) is 0 Å². The fourth-order valence-corrected chi connectivity index (χ4v) is 1.96. The zero-order chi connectivity index (χ0) is 13.8. The first-order valence-corrected chi connectivity index (χ1v) is 6.30. The topological polar surface area (TPSA) is 49.3 Å². The van der Waals surface area contributed by atoms with E-state index >= 15 is 0 Å². The minimum Gasteiger partial charge on any atom is -0.394 e. The summed E-state index contributed by atoms with van der Waals surface area (Å²) in [4.78, 5) is 12.0. The Balaban J connectivity index is 2.68. The van der Waals surface area contributed by atoms with Crippen LogP contribution in [0.5, 0.6) is 0 Å². The Labute approximate surface area is 109 Å². The molecule has 2 N–H and O–H groups in total. The van der Waals surface area contributed by atoms with Gasteiger partial charge in [-0.15, -0.1) is 0 Å². The normalized spacial score (nSPS) is 13.2. The van der Waals surface area contributed by atoms with Gasteiger partial charge in [-0.05, 0) is 30.9 Å². The van der Waals surface area contributed by atoms with Crippen molar-refractivity contribution >= 4 is 5.91 Å². The van der Waals surface area contributed by atoms with E-state index in [1.807, 2.05) is 25.1 Å². The molecule has 0 saturated heterocycles. The molecule has 0 spiro atoms. The van der Waals surface area contributed by atoms with Gasteiger partial charge in [0, 0.05) is 5.56 Å². The molecule has 0 heterocycles. The van der Waals surface area contributed by atoms with Crippen LogP contribution >= 0.6 is 0 Å². The SMILES string of the molecule is Cc1cccc(C(=O)NC(CO)CC(C)(C)C)c1. The molecule has 100 valence electrons. The molecule has 0 aliphatic rings. The number of nitrogens with one attached hydrogen (secondary N) is 1. The maximum atomic E-state index is 12.0. The minimum absolute atomic E-state index is 0.0329. The summed E-state index contributed by atoms with van der Waals surface area (Å²) in [7, 11) is 0. The number of rotatable bonds is 4. The van der Waals surface area contributed by atoms with Crippen molar-refractivity contribution in [2.24, 2.45) is 5.41 Å². The first-order valence-electron chi connectivity index (χ1n) is 6.30. The summed E-state index contributed by atoms with van der Waals surface area (Å²) in [6.45, 7) is 8.20. The van der Waals surface area contributed by atoms with Crippen LogP contribution in [0.1, 0.15) is 43.1 Å². The second-order valence-electron chi connectivity index (χ2n) is 5.99. The summed E-state index contributed by atoms with van der Waals surface area (Å²) in [5, 5.41) is 12.2. The molecule has 0 fully saturated rings. The molecule has 1 amide bonds. The molecule has 0 aliphatic carbocycles. The third-order valence-corrected chi connectivity index (χ3v) is 2.69. The highest BCUT2D eigenvalue weighted by Crippen LogP contribution is 2.20. The van der Waals surface area contributed by atoms with E-state index in [2.05, 4.69) is 26.1 Å². The lowest BCUT2D eigenvalue weighted by Crippen LogP contribution is -2.40. The standard InChI is InChI=1S/C15H23NO2/c1-11-6-5-7-12(8-11)14(18)16-13(10-17)9-15(2,3)4/h5-8,13,17H,9-10H2,1-4H3,(H,16,18). The first-order chi connectivity index (χ1) is 8.31. The van der Waals surface area contributed by atoms with Crippen molar-refractivity contribution in [1.82, 2.24) is 5.32 Å². The average molecular weight is 249 g/mol. The van der Waals surface area contributed by atoms with Crippen LogP contribution in [0.4, 0.5) is 0 Å². The quantitative estimate of drug-likeness (QED) is 0.861. The number of amides is 1. The minimum atomic E-state index is -0.196. The van der Waals surface area contributed by atoms with Crippen molar-refractivity contribution in [3.05, 3.63) is 35.4 Å². The number of carbonyl (C=O) groups is 1. The number of aliphatic hydroxyl groups is 1. The summed E-state index contributed by atoms with van der Waals surface area (Å²) in [5.41, 5.74) is 1.77. The predicted octanol–water partition coefficient (Wildman–Crippen LogP) is 2.52. The van der Waals surface area contributed by atoms with Crippen LogP contribution < -0.4 is 5.32 Å². The van der Waals surface area contributed by atoms with Crippen LogP contribution in [0, 0.1) is 12.3 Å². The largest absolute Gasteiger partial charge is 0.394 e. The van der Waals surface area contributed by atoms with Gasteiger partial charge in [-0.25, -0.2) is 0 Å². The molecule has 0 radical (unpaired) electrons. The fourth-order valence-electron chi connectivity index (χ4n) is 1.96. The fraction of sp³-hybridized carbons (Fsp3) is 0.533. The average Bonchev–Trinajstić information content (AvgIpc) is 2.26. The Hall–Kier alpha value is -1.35. The zero-order valence-electron chi connectivity index (χ0n) is 11.7. The third kappa shape index (κ3) is 4.88. The molecule has 0 saturated carbocycles. The molecule has 0 bridgehead atoms. The molecular formula is C15H23NO2. The molecule has 0 aliphatic heterocycles. The van der Waals surface area contributed by atoms with E-state index in [-0.39, 0.29) is 24.0 Å². The lowest BCUT2D eigenvalue weighted by atomic mass is 9.88. The van der Waals surface area contributed by atoms with Gasteiger partial charge in [-0.3, -0.25) is 4.79 Å². The summed E-state index contributed by atoms with van der Waals surface area (Å²) in [6, 6.07) is 7.25.